The Hall–Kier alpha value is -4.36. The summed E-state index contributed by atoms with van der Waals surface area (Å²) in [7, 11) is 0. The van der Waals surface area contributed by atoms with E-state index in [1.165, 1.54) is 71.3 Å². The first kappa shape index (κ1) is 19.9. The van der Waals surface area contributed by atoms with Crippen molar-refractivity contribution in [2.24, 2.45) is 0 Å². The van der Waals surface area contributed by atoms with Crippen molar-refractivity contribution in [2.45, 2.75) is 19.3 Å². The van der Waals surface area contributed by atoms with E-state index in [2.05, 4.69) is 134 Å². The normalized spacial score (nSPS) is 14.1. The first-order chi connectivity index (χ1) is 17.6. The first-order valence-corrected chi connectivity index (χ1v) is 12.7. The van der Waals surface area contributed by atoms with Crippen molar-refractivity contribution in [2.75, 3.05) is 0 Å². The van der Waals surface area contributed by atoms with Crippen LogP contribution in [0.15, 0.2) is 115 Å². The molecule has 0 radical (unpaired) electrons. The first-order valence-electron chi connectivity index (χ1n) is 12.7. The van der Waals surface area contributed by atoms with Gasteiger partial charge in [0.2, 0.25) is 0 Å². The van der Waals surface area contributed by atoms with Crippen molar-refractivity contribution in [3.05, 3.63) is 126 Å². The molecule has 0 atom stereocenters. The average molecular weight is 460 g/mol. The minimum atomic E-state index is -0.0257. The molecule has 170 valence electrons. The second-order valence-electron chi connectivity index (χ2n) is 10.6. The Balaban J connectivity index is 1.62. The molecule has 0 bridgehead atoms. The van der Waals surface area contributed by atoms with Crippen molar-refractivity contribution in [1.29, 1.82) is 0 Å². The molecule has 0 saturated carbocycles. The summed E-state index contributed by atoms with van der Waals surface area (Å²) >= 11 is 0. The van der Waals surface area contributed by atoms with E-state index in [0.717, 1.165) is 0 Å². The molecule has 1 heteroatoms. The van der Waals surface area contributed by atoms with Gasteiger partial charge in [-0.3, -0.25) is 0 Å². The van der Waals surface area contributed by atoms with Gasteiger partial charge in [0, 0.05) is 27.3 Å². The molecule has 0 N–H and O–H groups in total. The van der Waals surface area contributed by atoms with Crippen LogP contribution in [0.1, 0.15) is 25.0 Å². The lowest BCUT2D eigenvalue weighted by Crippen LogP contribution is -2.14. The number of nitrogens with zero attached hydrogens (tertiary/aromatic N) is 1. The van der Waals surface area contributed by atoms with E-state index >= 15 is 0 Å². The van der Waals surface area contributed by atoms with Crippen molar-refractivity contribution in [1.82, 2.24) is 4.57 Å². The molecular weight excluding hydrogens is 434 g/mol. The Labute approximate surface area is 210 Å². The number of hydrogen-bond donors (Lipinski definition) is 0. The van der Waals surface area contributed by atoms with Crippen LogP contribution in [-0.2, 0) is 5.41 Å². The third-order valence-electron chi connectivity index (χ3n) is 8.35. The Kier molecular flexibility index (Phi) is 3.79. The van der Waals surface area contributed by atoms with Gasteiger partial charge in [0.15, 0.2) is 0 Å². The van der Waals surface area contributed by atoms with Crippen LogP contribution in [0.25, 0.3) is 60.2 Å². The topological polar surface area (TPSA) is 4.93 Å². The fourth-order valence-corrected chi connectivity index (χ4v) is 6.64. The van der Waals surface area contributed by atoms with Gasteiger partial charge in [0.25, 0.3) is 0 Å². The smallest absolute Gasteiger partial charge is 0.0625 e. The number of para-hydroxylation sites is 1. The molecule has 1 aliphatic carbocycles. The molecule has 6 aromatic carbocycles. The second-order valence-corrected chi connectivity index (χ2v) is 10.6. The fourth-order valence-electron chi connectivity index (χ4n) is 6.64. The van der Waals surface area contributed by atoms with Crippen LogP contribution in [0.5, 0.6) is 0 Å². The number of hydrogen-bond acceptors (Lipinski definition) is 0. The highest BCUT2D eigenvalue weighted by Gasteiger charge is 2.36. The zero-order valence-electron chi connectivity index (χ0n) is 20.4. The summed E-state index contributed by atoms with van der Waals surface area (Å²) in [6, 6.07) is 42.6. The van der Waals surface area contributed by atoms with Crippen molar-refractivity contribution in [3.8, 4) is 16.8 Å². The molecule has 0 amide bonds. The van der Waals surface area contributed by atoms with Crippen molar-refractivity contribution < 1.29 is 0 Å². The summed E-state index contributed by atoms with van der Waals surface area (Å²) in [4.78, 5) is 0. The van der Waals surface area contributed by atoms with Crippen LogP contribution in [0, 0.1) is 0 Å². The van der Waals surface area contributed by atoms with Gasteiger partial charge in [-0.05, 0) is 56.6 Å². The predicted molar refractivity (Wildman–Crippen MR) is 153 cm³/mol. The third kappa shape index (κ3) is 2.45. The van der Waals surface area contributed by atoms with E-state index in [4.69, 9.17) is 0 Å². The van der Waals surface area contributed by atoms with E-state index in [1.54, 1.807) is 0 Å². The van der Waals surface area contributed by atoms with Crippen LogP contribution in [0.3, 0.4) is 0 Å². The van der Waals surface area contributed by atoms with Crippen molar-refractivity contribution >= 4 is 43.4 Å². The lowest BCUT2D eigenvalue weighted by molar-refractivity contribution is 0.661. The summed E-state index contributed by atoms with van der Waals surface area (Å²) in [5.74, 6) is 0. The molecule has 0 unspecified atom stereocenters. The lowest BCUT2D eigenvalue weighted by atomic mass is 9.82. The van der Waals surface area contributed by atoms with Crippen LogP contribution in [-0.4, -0.2) is 4.57 Å². The zero-order valence-corrected chi connectivity index (χ0v) is 20.4. The molecule has 1 aromatic heterocycles. The molecule has 8 rings (SSSR count). The van der Waals surface area contributed by atoms with E-state index in [9.17, 15) is 0 Å². The largest absolute Gasteiger partial charge is 0.309 e. The van der Waals surface area contributed by atoms with E-state index in [1.807, 2.05) is 0 Å². The lowest BCUT2D eigenvalue weighted by Gasteiger charge is -2.21. The molecule has 0 spiro atoms. The van der Waals surface area contributed by atoms with Gasteiger partial charge in [-0.25, -0.2) is 0 Å². The van der Waals surface area contributed by atoms with Gasteiger partial charge in [-0.15, -0.1) is 0 Å². The number of benzene rings is 6. The molecule has 7 aromatic rings. The highest BCUT2D eigenvalue weighted by Crippen LogP contribution is 2.53. The van der Waals surface area contributed by atoms with Crippen LogP contribution in [0.4, 0.5) is 0 Å². The summed E-state index contributed by atoms with van der Waals surface area (Å²) in [6.07, 6.45) is 0. The standard InChI is InChI=1S/C35H25N/c1-35(2)29-13-7-5-12-28(29)33-30(35)20-17-23-16-19-27-26-11-6-8-14-31(26)36(34(27)32(23)33)25-18-15-22-9-3-4-10-24(22)21-25/h3-21H,1-2H3. The molecule has 1 heterocycles. The minimum Gasteiger partial charge on any atom is -0.309 e. The van der Waals surface area contributed by atoms with Crippen LogP contribution < -0.4 is 0 Å². The van der Waals surface area contributed by atoms with Gasteiger partial charge in [0.05, 0.1) is 11.0 Å². The zero-order chi connectivity index (χ0) is 24.0. The van der Waals surface area contributed by atoms with Gasteiger partial charge < -0.3 is 4.57 Å². The Morgan fingerprint density at radius 1 is 0.556 bits per heavy atom. The second kappa shape index (κ2) is 6.86. The molecule has 0 aliphatic heterocycles. The van der Waals surface area contributed by atoms with E-state index < -0.39 is 0 Å². The predicted octanol–water partition coefficient (Wildman–Crippen LogP) is 9.40. The van der Waals surface area contributed by atoms with Gasteiger partial charge in [-0.1, -0.05) is 111 Å². The maximum Gasteiger partial charge on any atom is 0.0625 e. The maximum absolute atomic E-state index is 2.49. The third-order valence-corrected chi connectivity index (χ3v) is 8.35. The van der Waals surface area contributed by atoms with E-state index in [0.29, 0.717) is 0 Å². The molecule has 0 saturated heterocycles. The average Bonchev–Trinajstić information content (AvgIpc) is 3.38. The molecule has 1 aliphatic rings. The Morgan fingerprint density at radius 3 is 2.19 bits per heavy atom. The Bertz CT molecular complexity index is 2020. The fraction of sp³-hybridized carbons (Fsp3) is 0.0857. The van der Waals surface area contributed by atoms with Gasteiger partial charge in [0.1, 0.15) is 0 Å². The molecule has 36 heavy (non-hydrogen) atoms. The molecule has 1 nitrogen and oxygen atoms in total. The summed E-state index contributed by atoms with van der Waals surface area (Å²) in [5.41, 5.74) is 9.32. The SMILES string of the molecule is CC1(C)c2ccccc2-c2c1ccc1ccc3c4ccccc4n(-c4ccc5ccccc5c4)c3c21. The number of aromatic nitrogens is 1. The number of rotatable bonds is 1. The summed E-state index contributed by atoms with van der Waals surface area (Å²) in [5, 5.41) is 7.78. The monoisotopic (exact) mass is 459 g/mol. The molecular formula is C35H25N. The van der Waals surface area contributed by atoms with Crippen LogP contribution in [0.2, 0.25) is 0 Å². The highest BCUT2D eigenvalue weighted by atomic mass is 15.0. The van der Waals surface area contributed by atoms with Crippen LogP contribution >= 0.6 is 0 Å². The summed E-state index contributed by atoms with van der Waals surface area (Å²) < 4.78 is 2.49. The minimum absolute atomic E-state index is 0.0257. The Morgan fingerprint density at radius 2 is 1.28 bits per heavy atom. The number of fused-ring (bicyclic) bond motifs is 10. The van der Waals surface area contributed by atoms with Gasteiger partial charge in [-0.2, -0.15) is 0 Å². The van der Waals surface area contributed by atoms with E-state index in [-0.39, 0.29) is 5.41 Å². The quantitative estimate of drug-likeness (QED) is 0.230. The maximum atomic E-state index is 2.49. The highest BCUT2D eigenvalue weighted by molar-refractivity contribution is 6.23. The summed E-state index contributed by atoms with van der Waals surface area (Å²) in [6.45, 7) is 4.73. The van der Waals surface area contributed by atoms with Gasteiger partial charge >= 0.3 is 0 Å². The molecule has 0 fully saturated rings. The van der Waals surface area contributed by atoms with Crippen molar-refractivity contribution in [3.63, 3.8) is 0 Å².